The molecule has 11 rings (SSSR count). The molecule has 1 heterocycles. The number of benzene rings is 9. The highest BCUT2D eigenvalue weighted by Crippen LogP contribution is 2.49. The molecule has 0 N–H and O–H groups in total. The van der Waals surface area contributed by atoms with Crippen molar-refractivity contribution in [2.45, 2.75) is 19.3 Å². The molecule has 0 saturated carbocycles. The van der Waals surface area contributed by atoms with E-state index >= 15 is 0 Å². The molecule has 9 aromatic carbocycles. The van der Waals surface area contributed by atoms with Crippen molar-refractivity contribution >= 4 is 32.3 Å². The minimum atomic E-state index is -0.146. The van der Waals surface area contributed by atoms with Gasteiger partial charge in [0.2, 0.25) is 0 Å². The molecule has 1 aliphatic rings. The Morgan fingerprint density at radius 1 is 0.281 bits per heavy atom. The highest BCUT2D eigenvalue weighted by Gasteiger charge is 2.35. The Bertz CT molecular complexity index is 3160. The first-order chi connectivity index (χ1) is 28.0. The van der Waals surface area contributed by atoms with Gasteiger partial charge in [-0.15, -0.1) is 0 Å². The van der Waals surface area contributed by atoms with E-state index in [2.05, 4.69) is 202 Å². The molecule has 0 fully saturated rings. The SMILES string of the molecule is CC1(C)c2ccccc2-c2ccc(-c3nc(-c4cccc(-c5ccc(-c6ccccc6)cc5)c4)nc(-c4ccc5c6ccccc6c6ccccc6c5c4)n3)cc21. The van der Waals surface area contributed by atoms with E-state index < -0.39 is 0 Å². The summed E-state index contributed by atoms with van der Waals surface area (Å²) < 4.78 is 0. The standard InChI is InChI=1S/C54H37N3/c1-54(2)49-22-11-10-21-46(49)47-30-28-40(33-50(47)54)53-56-51(38-16-12-15-37(31-38)36-25-23-35(24-26-36)34-13-4-3-5-14-34)55-52(57-53)39-27-29-45-43-19-7-6-17-41(43)42-18-8-9-20-44(42)48(45)32-39/h3-33H,1-2H3. The Kier molecular flexibility index (Phi) is 7.52. The van der Waals surface area contributed by atoms with Crippen LogP contribution in [0.25, 0.3) is 99.9 Å². The second-order valence-electron chi connectivity index (χ2n) is 15.6. The number of nitrogens with zero attached hydrogens (tertiary/aromatic N) is 3. The van der Waals surface area contributed by atoms with E-state index in [1.165, 1.54) is 65.7 Å². The zero-order chi connectivity index (χ0) is 38.1. The van der Waals surface area contributed by atoms with E-state index in [-0.39, 0.29) is 5.41 Å². The predicted molar refractivity (Wildman–Crippen MR) is 237 cm³/mol. The lowest BCUT2D eigenvalue weighted by Gasteiger charge is -2.21. The second kappa shape index (κ2) is 12.9. The summed E-state index contributed by atoms with van der Waals surface area (Å²) in [6.45, 7) is 4.62. The summed E-state index contributed by atoms with van der Waals surface area (Å²) in [4.78, 5) is 15.8. The van der Waals surface area contributed by atoms with Gasteiger partial charge in [0.1, 0.15) is 0 Å². The topological polar surface area (TPSA) is 38.7 Å². The van der Waals surface area contributed by atoms with Gasteiger partial charge in [0.05, 0.1) is 0 Å². The number of aromatic nitrogens is 3. The van der Waals surface area contributed by atoms with Crippen LogP contribution in [0.1, 0.15) is 25.0 Å². The maximum Gasteiger partial charge on any atom is 0.164 e. The Morgan fingerprint density at radius 3 is 1.37 bits per heavy atom. The van der Waals surface area contributed by atoms with Crippen molar-refractivity contribution in [1.82, 2.24) is 15.0 Å². The lowest BCUT2D eigenvalue weighted by molar-refractivity contribution is 0.660. The van der Waals surface area contributed by atoms with Crippen molar-refractivity contribution < 1.29 is 0 Å². The fourth-order valence-electron chi connectivity index (χ4n) is 8.98. The first kappa shape index (κ1) is 33.1. The van der Waals surface area contributed by atoms with Crippen LogP contribution in [0.15, 0.2) is 188 Å². The van der Waals surface area contributed by atoms with Crippen molar-refractivity contribution in [2.24, 2.45) is 0 Å². The van der Waals surface area contributed by atoms with Gasteiger partial charge in [-0.3, -0.25) is 0 Å². The molecule has 1 aliphatic carbocycles. The molecule has 0 bridgehead atoms. The van der Waals surface area contributed by atoms with E-state index in [9.17, 15) is 0 Å². The van der Waals surface area contributed by atoms with Gasteiger partial charge in [0.25, 0.3) is 0 Å². The third-order valence-electron chi connectivity index (χ3n) is 11.9. The third kappa shape index (κ3) is 5.46. The molecule has 0 aliphatic heterocycles. The lowest BCUT2D eigenvalue weighted by atomic mass is 9.82. The molecule has 0 unspecified atom stereocenters. The van der Waals surface area contributed by atoms with E-state index in [0.717, 1.165) is 27.8 Å². The predicted octanol–water partition coefficient (Wildman–Crippen LogP) is 14.0. The number of rotatable bonds is 5. The van der Waals surface area contributed by atoms with Crippen LogP contribution in [-0.2, 0) is 5.41 Å². The first-order valence-electron chi connectivity index (χ1n) is 19.6. The average molecular weight is 728 g/mol. The number of hydrogen-bond acceptors (Lipinski definition) is 3. The summed E-state index contributed by atoms with van der Waals surface area (Å²) in [7, 11) is 0. The minimum Gasteiger partial charge on any atom is -0.208 e. The maximum atomic E-state index is 5.27. The van der Waals surface area contributed by atoms with Gasteiger partial charge in [-0.1, -0.05) is 184 Å². The fourth-order valence-corrected chi connectivity index (χ4v) is 8.98. The molecule has 0 radical (unpaired) electrons. The van der Waals surface area contributed by atoms with Gasteiger partial charge in [-0.05, 0) is 95.0 Å². The Hall–Kier alpha value is -7.23. The molecular formula is C54H37N3. The Morgan fingerprint density at radius 2 is 0.702 bits per heavy atom. The highest BCUT2D eigenvalue weighted by atomic mass is 15.0. The molecule has 10 aromatic rings. The summed E-state index contributed by atoms with van der Waals surface area (Å²) in [5.41, 5.74) is 12.6. The maximum absolute atomic E-state index is 5.27. The van der Waals surface area contributed by atoms with E-state index in [1.807, 2.05) is 0 Å². The number of hydrogen-bond donors (Lipinski definition) is 0. The van der Waals surface area contributed by atoms with Gasteiger partial charge in [-0.2, -0.15) is 0 Å². The van der Waals surface area contributed by atoms with Crippen LogP contribution in [-0.4, -0.2) is 15.0 Å². The summed E-state index contributed by atoms with van der Waals surface area (Å²) in [6, 6.07) is 67.3. The van der Waals surface area contributed by atoms with Gasteiger partial charge < -0.3 is 0 Å². The fraction of sp³-hybridized carbons (Fsp3) is 0.0556. The molecule has 3 heteroatoms. The molecule has 0 amide bonds. The smallest absolute Gasteiger partial charge is 0.164 e. The van der Waals surface area contributed by atoms with Crippen LogP contribution in [0, 0.1) is 0 Å². The molecule has 0 saturated heterocycles. The third-order valence-corrected chi connectivity index (χ3v) is 11.9. The van der Waals surface area contributed by atoms with Crippen molar-refractivity contribution in [1.29, 1.82) is 0 Å². The largest absolute Gasteiger partial charge is 0.208 e. The highest BCUT2D eigenvalue weighted by molar-refractivity contribution is 6.25. The molecule has 268 valence electrons. The van der Waals surface area contributed by atoms with Crippen LogP contribution in [0.2, 0.25) is 0 Å². The molecule has 3 nitrogen and oxygen atoms in total. The summed E-state index contributed by atoms with van der Waals surface area (Å²) in [5, 5.41) is 7.36. The Balaban J connectivity index is 1.08. The zero-order valence-electron chi connectivity index (χ0n) is 31.7. The first-order valence-corrected chi connectivity index (χ1v) is 19.6. The van der Waals surface area contributed by atoms with E-state index in [4.69, 9.17) is 15.0 Å². The minimum absolute atomic E-state index is 0.146. The monoisotopic (exact) mass is 727 g/mol. The Labute approximate surface area is 332 Å². The van der Waals surface area contributed by atoms with Crippen molar-refractivity contribution in [3.63, 3.8) is 0 Å². The normalized spacial score (nSPS) is 12.9. The van der Waals surface area contributed by atoms with Gasteiger partial charge in [0, 0.05) is 22.1 Å². The van der Waals surface area contributed by atoms with Crippen LogP contribution in [0.5, 0.6) is 0 Å². The van der Waals surface area contributed by atoms with Crippen molar-refractivity contribution in [3.05, 3.63) is 199 Å². The number of fused-ring (bicyclic) bond motifs is 9. The molecule has 0 atom stereocenters. The van der Waals surface area contributed by atoms with Gasteiger partial charge >= 0.3 is 0 Å². The van der Waals surface area contributed by atoms with Gasteiger partial charge in [0.15, 0.2) is 17.5 Å². The zero-order valence-corrected chi connectivity index (χ0v) is 31.7. The average Bonchev–Trinajstić information content (AvgIpc) is 3.51. The van der Waals surface area contributed by atoms with Crippen LogP contribution >= 0.6 is 0 Å². The summed E-state index contributed by atoms with van der Waals surface area (Å²) in [5.74, 6) is 1.95. The van der Waals surface area contributed by atoms with E-state index in [1.54, 1.807) is 0 Å². The summed E-state index contributed by atoms with van der Waals surface area (Å²) >= 11 is 0. The van der Waals surface area contributed by atoms with E-state index in [0.29, 0.717) is 17.5 Å². The van der Waals surface area contributed by atoms with Crippen molar-refractivity contribution in [2.75, 3.05) is 0 Å². The molecule has 0 spiro atoms. The quantitative estimate of drug-likeness (QED) is 0.166. The molecule has 1 aromatic heterocycles. The molecule has 57 heavy (non-hydrogen) atoms. The van der Waals surface area contributed by atoms with Crippen molar-refractivity contribution in [3.8, 4) is 67.5 Å². The lowest BCUT2D eigenvalue weighted by Crippen LogP contribution is -2.15. The molecular weight excluding hydrogens is 691 g/mol. The summed E-state index contributed by atoms with van der Waals surface area (Å²) in [6.07, 6.45) is 0. The van der Waals surface area contributed by atoms with Crippen LogP contribution < -0.4 is 0 Å². The van der Waals surface area contributed by atoms with Crippen LogP contribution in [0.4, 0.5) is 0 Å². The van der Waals surface area contributed by atoms with Gasteiger partial charge in [-0.25, -0.2) is 15.0 Å². The van der Waals surface area contributed by atoms with Crippen LogP contribution in [0.3, 0.4) is 0 Å². The second-order valence-corrected chi connectivity index (χ2v) is 15.6.